The van der Waals surface area contributed by atoms with Crippen LogP contribution in [0.2, 0.25) is 0 Å². The van der Waals surface area contributed by atoms with Gasteiger partial charge in [0.05, 0.1) is 17.6 Å². The summed E-state index contributed by atoms with van der Waals surface area (Å²) in [5.74, 6) is -1.56. The maximum atomic E-state index is 12.4. The minimum atomic E-state index is -0.788. The highest BCUT2D eigenvalue weighted by molar-refractivity contribution is 6.06. The lowest BCUT2D eigenvalue weighted by atomic mass is 10.1. The molecule has 2 aromatic rings. The molecule has 0 aliphatic heterocycles. The second kappa shape index (κ2) is 8.09. The van der Waals surface area contributed by atoms with Crippen molar-refractivity contribution in [1.29, 1.82) is 0 Å². The largest absolute Gasteiger partial charge is 0.465 e. The molecule has 0 fully saturated rings. The Kier molecular flexibility index (Phi) is 5.86. The van der Waals surface area contributed by atoms with Gasteiger partial charge in [0, 0.05) is 43.0 Å². The SMILES string of the molecule is COC(=O)c1cc(C(=O)Nc2ccc(N(C)C(C)=O)cc2)cc([N+](=O)[O-])c1. The van der Waals surface area contributed by atoms with E-state index < -0.39 is 22.5 Å². The Morgan fingerprint density at radius 1 is 1.07 bits per heavy atom. The molecular weight excluding hydrogens is 354 g/mol. The summed E-state index contributed by atoms with van der Waals surface area (Å²) in [7, 11) is 2.76. The third-order valence-electron chi connectivity index (χ3n) is 3.80. The second-order valence-corrected chi connectivity index (χ2v) is 5.60. The predicted molar refractivity (Wildman–Crippen MR) is 97.9 cm³/mol. The molecule has 0 aliphatic carbocycles. The molecule has 0 unspecified atom stereocenters. The van der Waals surface area contributed by atoms with Crippen molar-refractivity contribution in [3.8, 4) is 0 Å². The first-order valence-electron chi connectivity index (χ1n) is 7.76. The van der Waals surface area contributed by atoms with Gasteiger partial charge in [-0.3, -0.25) is 19.7 Å². The zero-order chi connectivity index (χ0) is 20.1. The van der Waals surface area contributed by atoms with Crippen LogP contribution in [0.1, 0.15) is 27.6 Å². The molecule has 140 valence electrons. The molecule has 0 aliphatic rings. The van der Waals surface area contributed by atoms with Crippen LogP contribution in [-0.4, -0.2) is 36.9 Å². The number of hydrogen-bond donors (Lipinski definition) is 1. The maximum Gasteiger partial charge on any atom is 0.338 e. The van der Waals surface area contributed by atoms with Gasteiger partial charge >= 0.3 is 5.97 Å². The summed E-state index contributed by atoms with van der Waals surface area (Å²) in [6, 6.07) is 9.78. The first kappa shape index (κ1) is 19.6. The Morgan fingerprint density at radius 2 is 1.67 bits per heavy atom. The normalized spacial score (nSPS) is 10.0. The van der Waals surface area contributed by atoms with Crippen LogP contribution in [0.5, 0.6) is 0 Å². The smallest absolute Gasteiger partial charge is 0.338 e. The van der Waals surface area contributed by atoms with E-state index >= 15 is 0 Å². The van der Waals surface area contributed by atoms with Crippen molar-refractivity contribution in [2.45, 2.75) is 6.92 Å². The van der Waals surface area contributed by atoms with Crippen molar-refractivity contribution in [3.63, 3.8) is 0 Å². The second-order valence-electron chi connectivity index (χ2n) is 5.60. The number of nitrogens with zero attached hydrogens (tertiary/aromatic N) is 2. The number of anilines is 2. The molecule has 0 heterocycles. The van der Waals surface area contributed by atoms with Crippen molar-refractivity contribution in [2.75, 3.05) is 24.4 Å². The molecular formula is C18H17N3O6. The highest BCUT2D eigenvalue weighted by Crippen LogP contribution is 2.21. The number of amides is 2. The molecule has 9 heteroatoms. The molecule has 0 atom stereocenters. The zero-order valence-electron chi connectivity index (χ0n) is 14.9. The van der Waals surface area contributed by atoms with Crippen molar-refractivity contribution < 1.29 is 24.0 Å². The van der Waals surface area contributed by atoms with E-state index in [-0.39, 0.29) is 17.0 Å². The van der Waals surface area contributed by atoms with Crippen LogP contribution in [-0.2, 0) is 9.53 Å². The van der Waals surface area contributed by atoms with Crippen molar-refractivity contribution >= 4 is 34.8 Å². The van der Waals surface area contributed by atoms with Gasteiger partial charge in [0.1, 0.15) is 0 Å². The van der Waals surface area contributed by atoms with Crippen LogP contribution < -0.4 is 10.2 Å². The van der Waals surface area contributed by atoms with Gasteiger partial charge in [-0.2, -0.15) is 0 Å². The molecule has 0 bridgehead atoms. The Balaban J connectivity index is 2.27. The number of hydrogen-bond acceptors (Lipinski definition) is 6. The Hall–Kier alpha value is -3.75. The molecule has 0 saturated carbocycles. The number of carbonyl (C=O) groups is 3. The number of ether oxygens (including phenoxy) is 1. The number of benzene rings is 2. The average molecular weight is 371 g/mol. The summed E-state index contributed by atoms with van der Waals surface area (Å²) in [6.07, 6.45) is 0. The summed E-state index contributed by atoms with van der Waals surface area (Å²) in [5, 5.41) is 13.6. The van der Waals surface area contributed by atoms with E-state index in [1.54, 1.807) is 31.3 Å². The number of methoxy groups -OCH3 is 1. The fraction of sp³-hybridized carbons (Fsp3) is 0.167. The van der Waals surface area contributed by atoms with E-state index in [0.717, 1.165) is 19.2 Å². The number of nitro groups is 1. The average Bonchev–Trinajstić information content (AvgIpc) is 2.66. The van der Waals surface area contributed by atoms with Gasteiger partial charge in [0.2, 0.25) is 5.91 Å². The van der Waals surface area contributed by atoms with Crippen LogP contribution in [0.3, 0.4) is 0 Å². The van der Waals surface area contributed by atoms with E-state index in [2.05, 4.69) is 10.1 Å². The molecule has 9 nitrogen and oxygen atoms in total. The lowest BCUT2D eigenvalue weighted by Gasteiger charge is -2.15. The number of esters is 1. The van der Waals surface area contributed by atoms with E-state index in [0.29, 0.717) is 11.4 Å². The van der Waals surface area contributed by atoms with E-state index in [9.17, 15) is 24.5 Å². The van der Waals surface area contributed by atoms with Crippen molar-refractivity contribution in [2.24, 2.45) is 0 Å². The Bertz CT molecular complexity index is 908. The lowest BCUT2D eigenvalue weighted by Crippen LogP contribution is -2.22. The van der Waals surface area contributed by atoms with E-state index in [4.69, 9.17) is 0 Å². The summed E-state index contributed by atoms with van der Waals surface area (Å²) < 4.78 is 4.55. The fourth-order valence-corrected chi connectivity index (χ4v) is 2.24. The highest BCUT2D eigenvalue weighted by Gasteiger charge is 2.18. The molecule has 2 aromatic carbocycles. The lowest BCUT2D eigenvalue weighted by molar-refractivity contribution is -0.384. The van der Waals surface area contributed by atoms with Crippen LogP contribution in [0.15, 0.2) is 42.5 Å². The molecule has 1 N–H and O–H groups in total. The maximum absolute atomic E-state index is 12.4. The highest BCUT2D eigenvalue weighted by atomic mass is 16.6. The monoisotopic (exact) mass is 371 g/mol. The number of non-ortho nitro benzene ring substituents is 1. The minimum absolute atomic E-state index is 0.0606. The topological polar surface area (TPSA) is 119 Å². The fourth-order valence-electron chi connectivity index (χ4n) is 2.24. The van der Waals surface area contributed by atoms with Gasteiger partial charge in [0.25, 0.3) is 11.6 Å². The first-order chi connectivity index (χ1) is 12.7. The van der Waals surface area contributed by atoms with Gasteiger partial charge in [-0.05, 0) is 30.3 Å². The third kappa shape index (κ3) is 4.66. The number of nitro benzene ring substituents is 1. The van der Waals surface area contributed by atoms with Gasteiger partial charge < -0.3 is 15.0 Å². The number of rotatable bonds is 5. The number of carbonyl (C=O) groups excluding carboxylic acids is 3. The van der Waals surface area contributed by atoms with E-state index in [1.807, 2.05) is 0 Å². The molecule has 0 spiro atoms. The quantitative estimate of drug-likeness (QED) is 0.490. The molecule has 27 heavy (non-hydrogen) atoms. The standard InChI is InChI=1S/C18H17N3O6/c1-11(22)20(2)15-6-4-14(5-7-15)19-17(23)12-8-13(18(24)27-3)10-16(9-12)21(25)26/h4-10H,1-3H3,(H,19,23). The summed E-state index contributed by atoms with van der Waals surface area (Å²) in [5.41, 5.74) is 0.502. The van der Waals surface area contributed by atoms with Gasteiger partial charge in [-0.1, -0.05) is 0 Å². The molecule has 2 amide bonds. The first-order valence-corrected chi connectivity index (χ1v) is 7.76. The summed E-state index contributed by atoms with van der Waals surface area (Å²) in [4.78, 5) is 47.2. The van der Waals surface area contributed by atoms with Crippen LogP contribution >= 0.6 is 0 Å². The van der Waals surface area contributed by atoms with Crippen molar-refractivity contribution in [1.82, 2.24) is 0 Å². The zero-order valence-corrected chi connectivity index (χ0v) is 14.9. The van der Waals surface area contributed by atoms with Crippen LogP contribution in [0.4, 0.5) is 17.1 Å². The minimum Gasteiger partial charge on any atom is -0.465 e. The third-order valence-corrected chi connectivity index (χ3v) is 3.80. The molecule has 0 saturated heterocycles. The van der Waals surface area contributed by atoms with Crippen LogP contribution in [0, 0.1) is 10.1 Å². The summed E-state index contributed by atoms with van der Waals surface area (Å²) in [6.45, 7) is 1.43. The van der Waals surface area contributed by atoms with Gasteiger partial charge in [-0.15, -0.1) is 0 Å². The predicted octanol–water partition coefficient (Wildman–Crippen LogP) is 2.62. The Morgan fingerprint density at radius 3 is 2.19 bits per heavy atom. The molecule has 0 aromatic heterocycles. The van der Waals surface area contributed by atoms with Crippen molar-refractivity contribution in [3.05, 3.63) is 63.7 Å². The number of nitrogens with one attached hydrogen (secondary N) is 1. The molecule has 0 radical (unpaired) electrons. The Labute approximate surface area is 154 Å². The van der Waals surface area contributed by atoms with E-state index in [1.165, 1.54) is 17.9 Å². The van der Waals surface area contributed by atoms with Crippen LogP contribution in [0.25, 0.3) is 0 Å². The van der Waals surface area contributed by atoms with Gasteiger partial charge in [-0.25, -0.2) is 4.79 Å². The summed E-state index contributed by atoms with van der Waals surface area (Å²) >= 11 is 0. The van der Waals surface area contributed by atoms with Gasteiger partial charge in [0.15, 0.2) is 0 Å². The molecule has 2 rings (SSSR count).